The van der Waals surface area contributed by atoms with E-state index in [4.69, 9.17) is 11.5 Å². The van der Waals surface area contributed by atoms with Gasteiger partial charge in [0.1, 0.15) is 9.84 Å². The third kappa shape index (κ3) is 6.90. The Balaban J connectivity index is 4.41. The molecular formula is C9H19N3O4S. The lowest BCUT2D eigenvalue weighted by molar-refractivity contribution is -0.136. The maximum absolute atomic E-state index is 11.7. The summed E-state index contributed by atoms with van der Waals surface area (Å²) in [6.07, 6.45) is 1.11. The molecule has 0 rings (SSSR count). The van der Waals surface area contributed by atoms with Crippen LogP contribution >= 0.6 is 0 Å². The maximum Gasteiger partial charge on any atom is 0.239 e. The Morgan fingerprint density at radius 1 is 1.35 bits per heavy atom. The van der Waals surface area contributed by atoms with E-state index in [1.54, 1.807) is 6.92 Å². The Bertz CT molecular complexity index is 380. The first-order valence-corrected chi connectivity index (χ1v) is 7.23. The van der Waals surface area contributed by atoms with Crippen molar-refractivity contribution >= 4 is 21.7 Å². The van der Waals surface area contributed by atoms with E-state index in [1.165, 1.54) is 4.90 Å². The highest BCUT2D eigenvalue weighted by Crippen LogP contribution is 1.99. The number of hydrogen-bond acceptors (Lipinski definition) is 5. The van der Waals surface area contributed by atoms with Crippen molar-refractivity contribution in [3.8, 4) is 0 Å². The Labute approximate surface area is 101 Å². The second-order valence-electron chi connectivity index (χ2n) is 3.84. The topological polar surface area (TPSA) is 124 Å². The molecule has 0 radical (unpaired) electrons. The van der Waals surface area contributed by atoms with Crippen LogP contribution in [0.3, 0.4) is 0 Å². The number of carbonyl (C=O) groups excluding carboxylic acids is 2. The molecule has 0 heterocycles. The number of rotatable bonds is 7. The highest BCUT2D eigenvalue weighted by Gasteiger charge is 2.22. The molecule has 0 saturated heterocycles. The molecule has 1 atom stereocenters. The highest BCUT2D eigenvalue weighted by molar-refractivity contribution is 7.90. The number of carbonyl (C=O) groups is 2. The van der Waals surface area contributed by atoms with Crippen molar-refractivity contribution in [1.82, 2.24) is 4.90 Å². The van der Waals surface area contributed by atoms with Crippen molar-refractivity contribution < 1.29 is 18.0 Å². The number of hydrogen-bond donors (Lipinski definition) is 2. The summed E-state index contributed by atoms with van der Waals surface area (Å²) in [4.78, 5) is 23.6. The number of amides is 2. The molecule has 8 heteroatoms. The van der Waals surface area contributed by atoms with Crippen LogP contribution in [0.1, 0.15) is 13.3 Å². The first-order valence-electron chi connectivity index (χ1n) is 5.17. The van der Waals surface area contributed by atoms with Gasteiger partial charge in [0.25, 0.3) is 0 Å². The van der Waals surface area contributed by atoms with Gasteiger partial charge < -0.3 is 16.4 Å². The van der Waals surface area contributed by atoms with Crippen LogP contribution in [-0.4, -0.2) is 56.3 Å². The predicted molar refractivity (Wildman–Crippen MR) is 63.8 cm³/mol. The van der Waals surface area contributed by atoms with Gasteiger partial charge in [0.05, 0.1) is 18.3 Å². The van der Waals surface area contributed by atoms with E-state index in [0.717, 1.165) is 6.26 Å². The summed E-state index contributed by atoms with van der Waals surface area (Å²) in [5.74, 6) is -1.25. The Morgan fingerprint density at radius 3 is 2.24 bits per heavy atom. The summed E-state index contributed by atoms with van der Waals surface area (Å²) in [5.41, 5.74) is 10.5. The van der Waals surface area contributed by atoms with Crippen LogP contribution in [-0.2, 0) is 19.4 Å². The molecule has 100 valence electrons. The quantitative estimate of drug-likeness (QED) is 0.555. The van der Waals surface area contributed by atoms with Crippen molar-refractivity contribution in [2.75, 3.05) is 25.1 Å². The van der Waals surface area contributed by atoms with Crippen LogP contribution in [0, 0.1) is 0 Å². The van der Waals surface area contributed by atoms with Gasteiger partial charge in [-0.15, -0.1) is 0 Å². The van der Waals surface area contributed by atoms with Gasteiger partial charge in [0.2, 0.25) is 11.8 Å². The smallest absolute Gasteiger partial charge is 0.239 e. The average molecular weight is 265 g/mol. The van der Waals surface area contributed by atoms with Crippen molar-refractivity contribution in [2.24, 2.45) is 11.5 Å². The third-order valence-electron chi connectivity index (χ3n) is 2.16. The van der Waals surface area contributed by atoms with Gasteiger partial charge in [-0.3, -0.25) is 9.59 Å². The SMILES string of the molecule is CCN(CC(N)=O)C(=O)C(N)CCS(C)(=O)=O. The average Bonchev–Trinajstić information content (AvgIpc) is 2.20. The molecular weight excluding hydrogens is 246 g/mol. The minimum absolute atomic E-state index is 0.0347. The fourth-order valence-corrected chi connectivity index (χ4v) is 1.91. The molecule has 0 aliphatic heterocycles. The molecule has 0 fully saturated rings. The van der Waals surface area contributed by atoms with E-state index < -0.39 is 27.7 Å². The van der Waals surface area contributed by atoms with E-state index in [0.29, 0.717) is 6.54 Å². The number of primary amides is 1. The van der Waals surface area contributed by atoms with Crippen LogP contribution < -0.4 is 11.5 Å². The van der Waals surface area contributed by atoms with Gasteiger partial charge in [-0.2, -0.15) is 0 Å². The van der Waals surface area contributed by atoms with Crippen LogP contribution in [0.4, 0.5) is 0 Å². The normalized spacial score (nSPS) is 13.1. The van der Waals surface area contributed by atoms with Crippen LogP contribution in [0.2, 0.25) is 0 Å². The van der Waals surface area contributed by atoms with Gasteiger partial charge in [0.15, 0.2) is 0 Å². The molecule has 0 aromatic rings. The van der Waals surface area contributed by atoms with Gasteiger partial charge in [-0.05, 0) is 13.3 Å². The van der Waals surface area contributed by atoms with E-state index in [9.17, 15) is 18.0 Å². The summed E-state index contributed by atoms with van der Waals surface area (Å²) in [7, 11) is -3.15. The summed E-state index contributed by atoms with van der Waals surface area (Å²) in [6.45, 7) is 1.78. The summed E-state index contributed by atoms with van der Waals surface area (Å²) >= 11 is 0. The van der Waals surface area contributed by atoms with Gasteiger partial charge in [0, 0.05) is 12.8 Å². The van der Waals surface area contributed by atoms with E-state index >= 15 is 0 Å². The van der Waals surface area contributed by atoms with E-state index in [2.05, 4.69) is 0 Å². The van der Waals surface area contributed by atoms with Crippen molar-refractivity contribution in [1.29, 1.82) is 0 Å². The molecule has 0 spiro atoms. The number of nitrogens with two attached hydrogens (primary N) is 2. The second-order valence-corrected chi connectivity index (χ2v) is 6.10. The Morgan fingerprint density at radius 2 is 1.88 bits per heavy atom. The van der Waals surface area contributed by atoms with Gasteiger partial charge >= 0.3 is 0 Å². The zero-order valence-corrected chi connectivity index (χ0v) is 10.9. The monoisotopic (exact) mass is 265 g/mol. The molecule has 1 unspecified atom stereocenters. The molecule has 0 aromatic carbocycles. The van der Waals surface area contributed by atoms with E-state index in [1.807, 2.05) is 0 Å². The first-order chi connectivity index (χ1) is 7.67. The minimum atomic E-state index is -3.15. The van der Waals surface area contributed by atoms with Gasteiger partial charge in [-0.1, -0.05) is 0 Å². The summed E-state index contributed by atoms with van der Waals surface area (Å²) in [5, 5.41) is 0. The van der Waals surface area contributed by atoms with Crippen LogP contribution in [0.25, 0.3) is 0 Å². The molecule has 0 aliphatic rings. The standard InChI is InChI=1S/C9H19N3O4S/c1-3-12(6-8(11)13)9(14)7(10)4-5-17(2,15)16/h7H,3-6,10H2,1-2H3,(H2,11,13). The first kappa shape index (κ1) is 15.9. The Kier molecular flexibility index (Phi) is 6.11. The lowest BCUT2D eigenvalue weighted by Gasteiger charge is -2.22. The number of nitrogens with zero attached hydrogens (tertiary/aromatic N) is 1. The minimum Gasteiger partial charge on any atom is -0.368 e. The molecule has 7 nitrogen and oxygen atoms in total. The van der Waals surface area contributed by atoms with Crippen molar-refractivity contribution in [3.05, 3.63) is 0 Å². The molecule has 2 amide bonds. The van der Waals surface area contributed by atoms with Crippen molar-refractivity contribution in [3.63, 3.8) is 0 Å². The molecule has 4 N–H and O–H groups in total. The van der Waals surface area contributed by atoms with Crippen molar-refractivity contribution in [2.45, 2.75) is 19.4 Å². The maximum atomic E-state index is 11.7. The molecule has 17 heavy (non-hydrogen) atoms. The zero-order valence-electron chi connectivity index (χ0n) is 10.0. The predicted octanol–water partition coefficient (Wildman–Crippen LogP) is -1.92. The lowest BCUT2D eigenvalue weighted by Crippen LogP contribution is -2.47. The number of likely N-dealkylation sites (N-methyl/N-ethyl adjacent to an activating group) is 1. The zero-order chi connectivity index (χ0) is 13.6. The molecule has 0 aliphatic carbocycles. The van der Waals surface area contributed by atoms with Crippen LogP contribution in [0.5, 0.6) is 0 Å². The van der Waals surface area contributed by atoms with Crippen LogP contribution in [0.15, 0.2) is 0 Å². The third-order valence-corrected chi connectivity index (χ3v) is 3.13. The summed E-state index contributed by atoms with van der Waals surface area (Å²) < 4.78 is 21.8. The lowest BCUT2D eigenvalue weighted by atomic mass is 10.2. The number of sulfone groups is 1. The molecule has 0 saturated carbocycles. The Hall–Kier alpha value is -1.15. The summed E-state index contributed by atoms with van der Waals surface area (Å²) in [6, 6.07) is -0.927. The largest absolute Gasteiger partial charge is 0.368 e. The molecule has 0 bridgehead atoms. The molecule has 0 aromatic heterocycles. The van der Waals surface area contributed by atoms with Gasteiger partial charge in [-0.25, -0.2) is 8.42 Å². The highest BCUT2D eigenvalue weighted by atomic mass is 32.2. The fraction of sp³-hybridized carbons (Fsp3) is 0.778. The second kappa shape index (κ2) is 6.55. The van der Waals surface area contributed by atoms with E-state index in [-0.39, 0.29) is 18.7 Å². The fourth-order valence-electron chi connectivity index (χ4n) is 1.23.